The zero-order valence-electron chi connectivity index (χ0n) is 15.7. The number of carboxylic acid groups (broad SMARTS) is 1. The van der Waals surface area contributed by atoms with Crippen molar-refractivity contribution in [2.75, 3.05) is 20.1 Å². The first kappa shape index (κ1) is 20.1. The minimum Gasteiger partial charge on any atom is -0.465 e. The van der Waals surface area contributed by atoms with Crippen LogP contribution < -0.4 is 0 Å². The van der Waals surface area contributed by atoms with E-state index in [1.54, 1.807) is 49.2 Å². The average molecular weight is 405 g/mol. The smallest absolute Gasteiger partial charge is 0.407 e. The number of nitrogens with zero attached hydrogens (tertiary/aromatic N) is 2. The van der Waals surface area contributed by atoms with E-state index < -0.39 is 6.09 Å². The van der Waals surface area contributed by atoms with Gasteiger partial charge in [-0.05, 0) is 60.9 Å². The van der Waals surface area contributed by atoms with Crippen LogP contribution in [0.1, 0.15) is 33.8 Å². The molecule has 0 unspecified atom stereocenters. The number of hydrogen-bond acceptors (Lipinski definition) is 2. The zero-order valence-corrected chi connectivity index (χ0v) is 16.5. The summed E-state index contributed by atoms with van der Waals surface area (Å²) < 4.78 is 13.6. The number of rotatable bonds is 3. The van der Waals surface area contributed by atoms with Gasteiger partial charge in [-0.1, -0.05) is 17.7 Å². The van der Waals surface area contributed by atoms with Gasteiger partial charge in [0.05, 0.1) is 0 Å². The highest BCUT2D eigenvalue weighted by Gasteiger charge is 2.37. The Balaban J connectivity index is 1.93. The summed E-state index contributed by atoms with van der Waals surface area (Å²) in [6.07, 6.45) is -0.487. The number of carbonyl (C=O) groups excluding carboxylic acids is 1. The van der Waals surface area contributed by atoms with Crippen LogP contribution in [0.3, 0.4) is 0 Å². The molecule has 3 rings (SSSR count). The molecule has 7 heteroatoms. The highest BCUT2D eigenvalue weighted by atomic mass is 35.5. The molecule has 2 amide bonds. The maximum atomic E-state index is 13.6. The molecule has 28 heavy (non-hydrogen) atoms. The quantitative estimate of drug-likeness (QED) is 0.825. The van der Waals surface area contributed by atoms with E-state index in [1.807, 2.05) is 0 Å². The number of aryl methyl sites for hydroxylation is 1. The molecule has 0 aliphatic carbocycles. The van der Waals surface area contributed by atoms with Crippen LogP contribution in [0.25, 0.3) is 0 Å². The Kier molecular flexibility index (Phi) is 5.89. The van der Waals surface area contributed by atoms with Crippen molar-refractivity contribution in [3.63, 3.8) is 0 Å². The summed E-state index contributed by atoms with van der Waals surface area (Å²) in [4.78, 5) is 27.5. The molecule has 2 aromatic rings. The number of hydrogen-bond donors (Lipinski definition) is 1. The second-order valence-electron chi connectivity index (χ2n) is 7.11. The Morgan fingerprint density at radius 3 is 2.50 bits per heavy atom. The first-order chi connectivity index (χ1) is 13.3. The summed E-state index contributed by atoms with van der Waals surface area (Å²) >= 11 is 5.91. The molecule has 0 bridgehead atoms. The number of amides is 2. The molecule has 0 saturated carbocycles. The molecule has 1 fully saturated rings. The summed E-state index contributed by atoms with van der Waals surface area (Å²) in [5.74, 6) is -0.740. The lowest BCUT2D eigenvalue weighted by molar-refractivity contribution is 0.0590. The zero-order chi connectivity index (χ0) is 20.4. The fourth-order valence-electron chi connectivity index (χ4n) is 3.88. The van der Waals surface area contributed by atoms with Crippen molar-refractivity contribution in [2.45, 2.75) is 25.3 Å². The second-order valence-corrected chi connectivity index (χ2v) is 7.55. The van der Waals surface area contributed by atoms with Crippen molar-refractivity contribution in [1.29, 1.82) is 0 Å². The van der Waals surface area contributed by atoms with Crippen molar-refractivity contribution >= 4 is 23.6 Å². The predicted octanol–water partition coefficient (Wildman–Crippen LogP) is 4.40. The van der Waals surface area contributed by atoms with Gasteiger partial charge in [0, 0.05) is 42.7 Å². The Morgan fingerprint density at radius 1 is 1.21 bits per heavy atom. The first-order valence-electron chi connectivity index (χ1n) is 9.04. The van der Waals surface area contributed by atoms with E-state index in [-0.39, 0.29) is 30.2 Å². The lowest BCUT2D eigenvalue weighted by Crippen LogP contribution is -2.51. The molecule has 1 aliphatic heterocycles. The van der Waals surface area contributed by atoms with Crippen molar-refractivity contribution < 1.29 is 19.1 Å². The number of likely N-dealkylation sites (N-methyl/N-ethyl adjacent to an activating group) is 1. The van der Waals surface area contributed by atoms with Crippen LogP contribution in [-0.4, -0.2) is 53.1 Å². The molecule has 1 N–H and O–H groups in total. The van der Waals surface area contributed by atoms with Crippen molar-refractivity contribution in [2.24, 2.45) is 0 Å². The molecule has 0 radical (unpaired) electrons. The van der Waals surface area contributed by atoms with Crippen LogP contribution in [0, 0.1) is 12.7 Å². The minimum absolute atomic E-state index is 0.157. The molecule has 148 valence electrons. The average Bonchev–Trinajstić information content (AvgIpc) is 2.67. The molecule has 2 atom stereocenters. The minimum atomic E-state index is -0.991. The molecule has 0 aromatic heterocycles. The van der Waals surface area contributed by atoms with Gasteiger partial charge in [0.25, 0.3) is 5.91 Å². The van der Waals surface area contributed by atoms with Crippen molar-refractivity contribution in [3.05, 3.63) is 70.0 Å². The molecule has 1 saturated heterocycles. The maximum absolute atomic E-state index is 13.6. The molecular weight excluding hydrogens is 383 g/mol. The largest absolute Gasteiger partial charge is 0.465 e. The van der Waals surface area contributed by atoms with Gasteiger partial charge < -0.3 is 14.9 Å². The SMILES string of the molecule is Cc1cc(F)ccc1[C@@H]1CN(C(=O)O)CC[C@H]1N(C)C(=O)c1ccc(Cl)cc1. The maximum Gasteiger partial charge on any atom is 0.407 e. The van der Waals surface area contributed by atoms with Gasteiger partial charge in [0.15, 0.2) is 0 Å². The van der Waals surface area contributed by atoms with E-state index in [4.69, 9.17) is 11.6 Å². The monoisotopic (exact) mass is 404 g/mol. The molecular formula is C21H22ClFN2O3. The van der Waals surface area contributed by atoms with E-state index in [2.05, 4.69) is 0 Å². The third-order valence-electron chi connectivity index (χ3n) is 5.39. The highest BCUT2D eigenvalue weighted by Crippen LogP contribution is 2.33. The Hall–Kier alpha value is -2.60. The fraction of sp³-hybridized carbons (Fsp3) is 0.333. The lowest BCUT2D eigenvalue weighted by atomic mass is 9.83. The normalized spacial score (nSPS) is 19.4. The van der Waals surface area contributed by atoms with E-state index in [0.717, 1.165) is 11.1 Å². The van der Waals surface area contributed by atoms with Crippen LogP contribution in [0.4, 0.5) is 9.18 Å². The summed E-state index contributed by atoms with van der Waals surface area (Å²) in [5.41, 5.74) is 2.12. The van der Waals surface area contributed by atoms with E-state index in [9.17, 15) is 19.1 Å². The predicted molar refractivity (Wildman–Crippen MR) is 105 cm³/mol. The molecule has 5 nitrogen and oxygen atoms in total. The van der Waals surface area contributed by atoms with Crippen LogP contribution in [0.2, 0.25) is 5.02 Å². The lowest BCUT2D eigenvalue weighted by Gasteiger charge is -2.42. The van der Waals surface area contributed by atoms with Gasteiger partial charge in [-0.15, -0.1) is 0 Å². The number of piperidine rings is 1. The summed E-state index contributed by atoms with van der Waals surface area (Å²) in [6.45, 7) is 2.40. The van der Waals surface area contributed by atoms with Gasteiger partial charge in [0.2, 0.25) is 0 Å². The van der Waals surface area contributed by atoms with Gasteiger partial charge in [-0.3, -0.25) is 4.79 Å². The van der Waals surface area contributed by atoms with Gasteiger partial charge in [-0.25, -0.2) is 9.18 Å². The Labute approximate surface area is 168 Å². The Morgan fingerprint density at radius 2 is 1.89 bits per heavy atom. The van der Waals surface area contributed by atoms with Crippen LogP contribution in [0.5, 0.6) is 0 Å². The van der Waals surface area contributed by atoms with Gasteiger partial charge in [-0.2, -0.15) is 0 Å². The van der Waals surface area contributed by atoms with Crippen LogP contribution in [-0.2, 0) is 0 Å². The number of benzene rings is 2. The third-order valence-corrected chi connectivity index (χ3v) is 5.64. The Bertz CT molecular complexity index is 888. The van der Waals surface area contributed by atoms with Crippen molar-refractivity contribution in [3.8, 4) is 0 Å². The van der Waals surface area contributed by atoms with Gasteiger partial charge >= 0.3 is 6.09 Å². The molecule has 2 aromatic carbocycles. The van der Waals surface area contributed by atoms with E-state index in [1.165, 1.54) is 17.0 Å². The highest BCUT2D eigenvalue weighted by molar-refractivity contribution is 6.30. The summed E-state index contributed by atoms with van der Waals surface area (Å²) in [5, 5.41) is 9.98. The van der Waals surface area contributed by atoms with Crippen LogP contribution in [0.15, 0.2) is 42.5 Å². The van der Waals surface area contributed by atoms with E-state index in [0.29, 0.717) is 23.6 Å². The molecule has 0 spiro atoms. The summed E-state index contributed by atoms with van der Waals surface area (Å²) in [6, 6.07) is 11.0. The van der Waals surface area contributed by atoms with Crippen LogP contribution >= 0.6 is 11.6 Å². The first-order valence-corrected chi connectivity index (χ1v) is 9.42. The molecule has 1 aliphatic rings. The number of carbonyl (C=O) groups is 2. The fourth-order valence-corrected chi connectivity index (χ4v) is 4.01. The number of halogens is 2. The summed E-state index contributed by atoms with van der Waals surface area (Å²) in [7, 11) is 1.73. The van der Waals surface area contributed by atoms with Gasteiger partial charge in [0.1, 0.15) is 5.82 Å². The number of likely N-dealkylation sites (tertiary alicyclic amines) is 1. The van der Waals surface area contributed by atoms with E-state index >= 15 is 0 Å². The molecule has 1 heterocycles. The van der Waals surface area contributed by atoms with Crippen molar-refractivity contribution in [1.82, 2.24) is 9.80 Å². The topological polar surface area (TPSA) is 60.9 Å². The standard InChI is InChI=1S/C21H22ClFN2O3/c1-13-11-16(23)7-8-17(13)18-12-25(21(27)28)10-9-19(18)24(2)20(26)14-3-5-15(22)6-4-14/h3-8,11,18-19H,9-10,12H2,1-2H3,(H,27,28)/t18-,19+/m0/s1. The second kappa shape index (κ2) is 8.19. The third kappa shape index (κ3) is 4.12.